The third-order valence-electron chi connectivity index (χ3n) is 4.74. The van der Waals surface area contributed by atoms with Gasteiger partial charge in [-0.05, 0) is 35.9 Å². The maximum absolute atomic E-state index is 13.3. The second-order valence-corrected chi connectivity index (χ2v) is 7.01. The summed E-state index contributed by atoms with van der Waals surface area (Å²) in [4.78, 5) is 4.55. The van der Waals surface area contributed by atoms with Crippen molar-refractivity contribution >= 4 is 11.6 Å². The van der Waals surface area contributed by atoms with E-state index in [-0.39, 0.29) is 5.82 Å². The van der Waals surface area contributed by atoms with E-state index in [4.69, 9.17) is 16.3 Å². The smallest absolute Gasteiger partial charge is 0.123 e. The lowest BCUT2D eigenvalue weighted by Crippen LogP contribution is -2.03. The predicted octanol–water partition coefficient (Wildman–Crippen LogP) is 3.87. The molecule has 8 heteroatoms. The van der Waals surface area contributed by atoms with Crippen molar-refractivity contribution in [3.05, 3.63) is 88.5 Å². The third kappa shape index (κ3) is 2.98. The Kier molecular flexibility index (Phi) is 4.18. The summed E-state index contributed by atoms with van der Waals surface area (Å²) in [6, 6.07) is 12.0. The average Bonchev–Trinajstić information content (AvgIpc) is 3.27. The first-order valence-corrected chi connectivity index (χ1v) is 9.14. The van der Waals surface area contributed by atoms with Crippen LogP contribution in [0.25, 0.3) is 11.4 Å². The molecule has 2 aromatic heterocycles. The summed E-state index contributed by atoms with van der Waals surface area (Å²) in [7, 11) is 0. The van der Waals surface area contributed by atoms with Crippen LogP contribution in [-0.2, 0) is 24.4 Å². The summed E-state index contributed by atoms with van der Waals surface area (Å²) in [6.45, 7) is 0.638. The molecule has 3 heterocycles. The van der Waals surface area contributed by atoms with E-state index in [0.717, 1.165) is 34.0 Å². The molecule has 0 atom stereocenters. The highest BCUT2D eigenvalue weighted by molar-refractivity contribution is 6.30. The van der Waals surface area contributed by atoms with Crippen LogP contribution in [0.2, 0.25) is 5.02 Å². The normalized spacial score (nSPS) is 12.2. The summed E-state index contributed by atoms with van der Waals surface area (Å²) in [6.07, 6.45) is 4.13. The average molecular weight is 396 g/mol. The van der Waals surface area contributed by atoms with Gasteiger partial charge >= 0.3 is 0 Å². The molecule has 5 rings (SSSR count). The van der Waals surface area contributed by atoms with Crippen LogP contribution < -0.4 is 0 Å². The molecule has 0 N–H and O–H groups in total. The minimum atomic E-state index is -0.270. The highest BCUT2D eigenvalue weighted by Gasteiger charge is 2.23. The van der Waals surface area contributed by atoms with Crippen LogP contribution in [0, 0.1) is 5.82 Å². The highest BCUT2D eigenvalue weighted by Crippen LogP contribution is 2.30. The van der Waals surface area contributed by atoms with Gasteiger partial charge in [-0.25, -0.2) is 14.1 Å². The van der Waals surface area contributed by atoms with Crippen LogP contribution in [0.15, 0.2) is 55.0 Å². The quantitative estimate of drug-likeness (QED) is 0.463. The van der Waals surface area contributed by atoms with E-state index >= 15 is 0 Å². The van der Waals surface area contributed by atoms with Gasteiger partial charge in [-0.3, -0.25) is 0 Å². The Morgan fingerprint density at radius 3 is 2.93 bits per heavy atom. The monoisotopic (exact) mass is 395 g/mol. The van der Waals surface area contributed by atoms with E-state index in [1.54, 1.807) is 23.3 Å². The Morgan fingerprint density at radius 1 is 1.11 bits per heavy atom. The molecule has 28 heavy (non-hydrogen) atoms. The van der Waals surface area contributed by atoms with Crippen LogP contribution in [0.4, 0.5) is 4.39 Å². The van der Waals surface area contributed by atoms with Crippen LogP contribution in [-0.4, -0.2) is 24.5 Å². The fourth-order valence-electron chi connectivity index (χ4n) is 3.44. The summed E-state index contributed by atoms with van der Waals surface area (Å²) in [5, 5.41) is 8.88. The third-order valence-corrected chi connectivity index (χ3v) is 4.98. The summed E-state index contributed by atoms with van der Waals surface area (Å²) in [5.41, 5.74) is 5.33. The molecule has 0 radical (unpaired) electrons. The molecule has 0 aliphatic carbocycles. The van der Waals surface area contributed by atoms with Gasteiger partial charge in [-0.1, -0.05) is 28.9 Å². The van der Waals surface area contributed by atoms with Crippen molar-refractivity contribution in [2.24, 2.45) is 0 Å². The molecular weight excluding hydrogens is 381 g/mol. The van der Waals surface area contributed by atoms with Crippen LogP contribution >= 0.6 is 11.6 Å². The number of halogens is 2. The number of hydrogen-bond donors (Lipinski definition) is 0. The molecule has 0 spiro atoms. The number of imidazole rings is 1. The summed E-state index contributed by atoms with van der Waals surface area (Å²) >= 11 is 6.20. The molecular formula is C20H15ClFN5O. The molecule has 0 saturated heterocycles. The molecule has 0 unspecified atom stereocenters. The minimum absolute atomic E-state index is 0.270. The largest absolute Gasteiger partial charge is 0.370 e. The number of benzene rings is 2. The van der Waals surface area contributed by atoms with Crippen molar-refractivity contribution in [1.29, 1.82) is 0 Å². The van der Waals surface area contributed by atoms with Crippen molar-refractivity contribution in [2.45, 2.75) is 19.6 Å². The maximum atomic E-state index is 13.3. The predicted molar refractivity (Wildman–Crippen MR) is 101 cm³/mol. The second kappa shape index (κ2) is 6.85. The van der Waals surface area contributed by atoms with Crippen LogP contribution in [0.5, 0.6) is 0 Å². The molecule has 2 aromatic carbocycles. The number of hydrogen-bond acceptors (Lipinski definition) is 4. The lowest BCUT2D eigenvalue weighted by Gasteiger charge is -2.10. The Hall–Kier alpha value is -3.03. The van der Waals surface area contributed by atoms with Gasteiger partial charge in [0.2, 0.25) is 0 Å². The number of aromatic nitrogens is 5. The fourth-order valence-corrected chi connectivity index (χ4v) is 3.61. The van der Waals surface area contributed by atoms with Gasteiger partial charge in [0.1, 0.15) is 5.82 Å². The van der Waals surface area contributed by atoms with Crippen LogP contribution in [0.1, 0.15) is 22.6 Å². The van der Waals surface area contributed by atoms with Crippen molar-refractivity contribution in [3.8, 4) is 11.4 Å². The maximum Gasteiger partial charge on any atom is 0.123 e. The van der Waals surface area contributed by atoms with E-state index in [9.17, 15) is 4.39 Å². The molecule has 0 saturated carbocycles. The Labute approximate surface area is 165 Å². The summed E-state index contributed by atoms with van der Waals surface area (Å²) in [5.74, 6) is -0.270. The van der Waals surface area contributed by atoms with Crippen molar-refractivity contribution in [1.82, 2.24) is 24.5 Å². The lowest BCUT2D eigenvalue weighted by atomic mass is 10.2. The van der Waals surface area contributed by atoms with Crippen molar-refractivity contribution in [3.63, 3.8) is 0 Å². The van der Waals surface area contributed by atoms with E-state index in [0.29, 0.717) is 24.7 Å². The zero-order chi connectivity index (χ0) is 19.1. The number of nitrogens with zero attached hydrogens (tertiary/aromatic N) is 5. The molecule has 0 fully saturated rings. The molecule has 0 bridgehead atoms. The van der Waals surface area contributed by atoms with Crippen LogP contribution in [0.3, 0.4) is 0 Å². The van der Waals surface area contributed by atoms with Gasteiger partial charge in [0.15, 0.2) is 0 Å². The lowest BCUT2D eigenvalue weighted by molar-refractivity contribution is 0.104. The number of fused-ring (bicyclic) bond motifs is 5. The van der Waals surface area contributed by atoms with E-state index < -0.39 is 0 Å². The minimum Gasteiger partial charge on any atom is -0.370 e. The Morgan fingerprint density at radius 2 is 2.04 bits per heavy atom. The van der Waals surface area contributed by atoms with Gasteiger partial charge in [0.25, 0.3) is 0 Å². The first-order valence-electron chi connectivity index (χ1n) is 8.76. The first-order chi connectivity index (χ1) is 13.7. The molecule has 1 aliphatic heterocycles. The van der Waals surface area contributed by atoms with Gasteiger partial charge in [-0.2, -0.15) is 0 Å². The fraction of sp³-hybridized carbons (Fsp3) is 0.150. The van der Waals surface area contributed by atoms with Gasteiger partial charge in [0.05, 0.1) is 54.2 Å². The molecule has 0 amide bonds. The molecule has 1 aliphatic rings. The zero-order valence-corrected chi connectivity index (χ0v) is 15.5. The number of rotatable bonds is 4. The Bertz CT molecular complexity index is 1170. The standard InChI is InChI=1S/C20H15ClFN5O/c21-14-4-5-18-20(7-14)27-16(9-24-25-27)8-19-17(23-12-26(18)19)11-28-10-13-2-1-3-15(22)6-13/h1-7,9,12H,8,10-11H2. The van der Waals surface area contributed by atoms with E-state index in [1.165, 1.54) is 12.1 Å². The highest BCUT2D eigenvalue weighted by atomic mass is 35.5. The second-order valence-electron chi connectivity index (χ2n) is 6.58. The molecule has 4 aromatic rings. The molecule has 6 nitrogen and oxygen atoms in total. The zero-order valence-electron chi connectivity index (χ0n) is 14.7. The van der Waals surface area contributed by atoms with E-state index in [1.807, 2.05) is 28.8 Å². The number of ether oxygens (including phenoxy) is 1. The first kappa shape index (κ1) is 17.1. The van der Waals surface area contributed by atoms with Gasteiger partial charge in [-0.15, -0.1) is 5.10 Å². The van der Waals surface area contributed by atoms with Crippen molar-refractivity contribution < 1.29 is 9.13 Å². The summed E-state index contributed by atoms with van der Waals surface area (Å²) < 4.78 is 22.9. The molecule has 140 valence electrons. The SMILES string of the molecule is Fc1cccc(COCc2ncn3c2Cc2cnnn2-c2cc(Cl)ccc2-3)c1. The van der Waals surface area contributed by atoms with Gasteiger partial charge in [0, 0.05) is 11.4 Å². The topological polar surface area (TPSA) is 57.8 Å². The van der Waals surface area contributed by atoms with Crippen molar-refractivity contribution in [2.75, 3.05) is 0 Å². The Balaban J connectivity index is 1.47. The van der Waals surface area contributed by atoms with Gasteiger partial charge < -0.3 is 9.30 Å². The van der Waals surface area contributed by atoms with E-state index in [2.05, 4.69) is 15.3 Å².